The maximum atomic E-state index is 12.5. The average molecular weight is 401 g/mol. The van der Waals surface area contributed by atoms with Crippen LogP contribution in [0.25, 0.3) is 0 Å². The average Bonchev–Trinajstić information content (AvgIpc) is 2.74. The molecule has 8 heteroatoms. The van der Waals surface area contributed by atoms with Gasteiger partial charge in [-0.15, -0.1) is 0 Å². The van der Waals surface area contributed by atoms with Gasteiger partial charge in [0.15, 0.2) is 0 Å². The Morgan fingerprint density at radius 3 is 2.14 bits per heavy atom. The summed E-state index contributed by atoms with van der Waals surface area (Å²) in [5, 5.41) is 11.2. The van der Waals surface area contributed by atoms with Crippen molar-refractivity contribution in [2.45, 2.75) is 19.8 Å². The first-order chi connectivity index (χ1) is 13.5. The van der Waals surface area contributed by atoms with Crippen LogP contribution in [-0.2, 0) is 14.8 Å². The van der Waals surface area contributed by atoms with Gasteiger partial charge in [0.25, 0.3) is 0 Å². The number of hydrogen-bond acceptors (Lipinski definition) is 5. The number of anilines is 1. The molecule has 0 aliphatic carbocycles. The van der Waals surface area contributed by atoms with Gasteiger partial charge in [0.2, 0.25) is 15.9 Å². The summed E-state index contributed by atoms with van der Waals surface area (Å²) in [6.07, 6.45) is 1.07. The van der Waals surface area contributed by atoms with Crippen molar-refractivity contribution in [2.24, 2.45) is 16.1 Å². The molecule has 1 N–H and O–H groups in total. The van der Waals surface area contributed by atoms with Crippen LogP contribution in [-0.4, -0.2) is 37.5 Å². The molecule has 1 amide bonds. The highest BCUT2D eigenvalue weighted by Crippen LogP contribution is 2.23. The Morgan fingerprint density at radius 1 is 1.00 bits per heavy atom. The minimum atomic E-state index is -3.18. The van der Waals surface area contributed by atoms with Crippen LogP contribution >= 0.6 is 0 Å². The highest BCUT2D eigenvalue weighted by Gasteiger charge is 2.30. The van der Waals surface area contributed by atoms with Gasteiger partial charge in [0.1, 0.15) is 0 Å². The Hall–Kier alpha value is -2.58. The predicted molar refractivity (Wildman–Crippen MR) is 109 cm³/mol. The molecule has 1 fully saturated rings. The molecule has 1 aliphatic rings. The zero-order valence-corrected chi connectivity index (χ0v) is 16.6. The topological polar surface area (TPSA) is 91.2 Å². The number of azo groups is 1. The third-order valence-corrected chi connectivity index (χ3v) is 6.64. The maximum Gasteiger partial charge on any atom is 0.227 e. The van der Waals surface area contributed by atoms with E-state index >= 15 is 0 Å². The van der Waals surface area contributed by atoms with Gasteiger partial charge >= 0.3 is 0 Å². The van der Waals surface area contributed by atoms with E-state index in [4.69, 9.17) is 0 Å². The highest BCUT2D eigenvalue weighted by atomic mass is 32.2. The van der Waals surface area contributed by atoms with Crippen LogP contribution in [0.2, 0.25) is 0 Å². The second kappa shape index (κ2) is 9.07. The van der Waals surface area contributed by atoms with Gasteiger partial charge in [-0.1, -0.05) is 18.2 Å². The van der Waals surface area contributed by atoms with E-state index in [1.54, 1.807) is 31.2 Å². The van der Waals surface area contributed by atoms with Crippen molar-refractivity contribution in [3.8, 4) is 0 Å². The Morgan fingerprint density at radius 2 is 1.57 bits per heavy atom. The van der Waals surface area contributed by atoms with Crippen LogP contribution in [0.5, 0.6) is 0 Å². The normalized spacial score (nSPS) is 16.3. The predicted octanol–water partition coefficient (Wildman–Crippen LogP) is 4.10. The lowest BCUT2D eigenvalue weighted by Crippen LogP contribution is -2.42. The first kappa shape index (κ1) is 20.2. The van der Waals surface area contributed by atoms with E-state index in [0.717, 1.165) is 5.69 Å². The molecule has 7 nitrogen and oxygen atoms in total. The smallest absolute Gasteiger partial charge is 0.227 e. The third-order valence-electron chi connectivity index (χ3n) is 4.75. The number of piperidine rings is 1. The van der Waals surface area contributed by atoms with E-state index in [-0.39, 0.29) is 17.6 Å². The van der Waals surface area contributed by atoms with E-state index in [0.29, 0.717) is 37.3 Å². The summed E-state index contributed by atoms with van der Waals surface area (Å²) in [5.74, 6) is -0.161. The number of carbonyl (C=O) groups excluding carboxylic acids is 1. The fraction of sp³-hybridized carbons (Fsp3) is 0.350. The van der Waals surface area contributed by atoms with Crippen molar-refractivity contribution < 1.29 is 13.2 Å². The summed E-state index contributed by atoms with van der Waals surface area (Å²) in [6.45, 7) is 2.43. The first-order valence-electron chi connectivity index (χ1n) is 9.33. The molecule has 1 aliphatic heterocycles. The number of nitrogens with one attached hydrogen (secondary N) is 1. The van der Waals surface area contributed by atoms with Crippen molar-refractivity contribution in [2.75, 3.05) is 24.2 Å². The lowest BCUT2D eigenvalue weighted by atomic mass is 9.97. The van der Waals surface area contributed by atoms with Crippen molar-refractivity contribution in [1.29, 1.82) is 0 Å². The lowest BCUT2D eigenvalue weighted by Gasteiger charge is -2.30. The lowest BCUT2D eigenvalue weighted by molar-refractivity contribution is -0.120. The molecule has 0 radical (unpaired) electrons. The molecule has 0 unspecified atom stereocenters. The van der Waals surface area contributed by atoms with E-state index in [2.05, 4.69) is 15.5 Å². The summed E-state index contributed by atoms with van der Waals surface area (Å²) < 4.78 is 25.3. The van der Waals surface area contributed by atoms with Crippen molar-refractivity contribution in [3.63, 3.8) is 0 Å². The van der Waals surface area contributed by atoms with E-state index in [1.807, 2.05) is 30.3 Å². The van der Waals surface area contributed by atoms with Gasteiger partial charge in [-0.2, -0.15) is 10.2 Å². The summed E-state index contributed by atoms with van der Waals surface area (Å²) in [7, 11) is -3.18. The van der Waals surface area contributed by atoms with Crippen molar-refractivity contribution >= 4 is 33.0 Å². The molecule has 28 heavy (non-hydrogen) atoms. The molecular formula is C20H24N4O3S. The summed E-state index contributed by atoms with van der Waals surface area (Å²) >= 11 is 0. The van der Waals surface area contributed by atoms with Crippen molar-refractivity contribution in [1.82, 2.24) is 4.31 Å². The molecule has 0 saturated carbocycles. The second-order valence-corrected chi connectivity index (χ2v) is 8.90. The van der Waals surface area contributed by atoms with Gasteiger partial charge in [-0.25, -0.2) is 12.7 Å². The fourth-order valence-corrected chi connectivity index (χ4v) is 4.18. The molecule has 3 rings (SSSR count). The Balaban J connectivity index is 1.53. The quantitative estimate of drug-likeness (QED) is 0.740. The third kappa shape index (κ3) is 5.24. The Bertz CT molecular complexity index is 920. The largest absolute Gasteiger partial charge is 0.326 e. The molecule has 148 valence electrons. The van der Waals surface area contributed by atoms with Gasteiger partial charge < -0.3 is 5.32 Å². The fourth-order valence-electron chi connectivity index (χ4n) is 3.04. The molecule has 1 saturated heterocycles. The van der Waals surface area contributed by atoms with Crippen molar-refractivity contribution in [3.05, 3.63) is 54.6 Å². The van der Waals surface area contributed by atoms with E-state index in [1.165, 1.54) is 4.31 Å². The summed E-state index contributed by atoms with van der Waals surface area (Å²) in [4.78, 5) is 12.5. The zero-order valence-electron chi connectivity index (χ0n) is 15.8. The summed E-state index contributed by atoms with van der Waals surface area (Å²) in [5.41, 5.74) is 2.16. The molecule has 2 aromatic rings. The number of benzene rings is 2. The number of nitrogens with zero attached hydrogens (tertiary/aromatic N) is 3. The monoisotopic (exact) mass is 400 g/mol. The molecule has 1 heterocycles. The summed E-state index contributed by atoms with van der Waals surface area (Å²) in [6, 6.07) is 16.6. The molecule has 0 bridgehead atoms. The zero-order chi connectivity index (χ0) is 20.0. The van der Waals surface area contributed by atoms with Gasteiger partial charge in [0, 0.05) is 24.7 Å². The van der Waals surface area contributed by atoms with Crippen LogP contribution in [0, 0.1) is 5.92 Å². The van der Waals surface area contributed by atoms with Gasteiger partial charge in [0.05, 0.1) is 17.1 Å². The minimum absolute atomic E-state index is 0.0767. The van der Waals surface area contributed by atoms with Crippen LogP contribution in [0.1, 0.15) is 19.8 Å². The standard InChI is InChI=1S/C20H24N4O3S/c1-2-28(26,27)24-14-12-16(13-15-24)20(25)21-17-8-10-19(11-9-17)23-22-18-6-4-3-5-7-18/h3-11,16H,2,12-15H2,1H3,(H,21,25). The van der Waals surface area contributed by atoms with E-state index in [9.17, 15) is 13.2 Å². The second-order valence-electron chi connectivity index (χ2n) is 6.65. The van der Waals surface area contributed by atoms with Gasteiger partial charge in [-0.05, 0) is 56.2 Å². The molecule has 0 spiro atoms. The Labute approximate surface area is 165 Å². The van der Waals surface area contributed by atoms with Crippen LogP contribution in [0.15, 0.2) is 64.8 Å². The number of rotatable bonds is 6. The van der Waals surface area contributed by atoms with Crippen LogP contribution in [0.3, 0.4) is 0 Å². The molecular weight excluding hydrogens is 376 g/mol. The SMILES string of the molecule is CCS(=O)(=O)N1CCC(C(=O)Nc2ccc(N=Nc3ccccc3)cc2)CC1. The van der Waals surface area contributed by atoms with E-state index < -0.39 is 10.0 Å². The highest BCUT2D eigenvalue weighted by molar-refractivity contribution is 7.89. The van der Waals surface area contributed by atoms with Crippen LogP contribution < -0.4 is 5.32 Å². The number of hydrogen-bond donors (Lipinski definition) is 1. The molecule has 2 aromatic carbocycles. The maximum absolute atomic E-state index is 12.5. The molecule has 0 atom stereocenters. The number of amides is 1. The van der Waals surface area contributed by atoms with Crippen LogP contribution in [0.4, 0.5) is 17.1 Å². The number of carbonyl (C=O) groups is 1. The minimum Gasteiger partial charge on any atom is -0.326 e. The number of sulfonamides is 1. The Kier molecular flexibility index (Phi) is 6.53. The van der Waals surface area contributed by atoms with Gasteiger partial charge in [-0.3, -0.25) is 4.79 Å². The molecule has 0 aromatic heterocycles. The first-order valence-corrected chi connectivity index (χ1v) is 10.9.